The van der Waals surface area contributed by atoms with E-state index in [0.29, 0.717) is 16.9 Å². The van der Waals surface area contributed by atoms with E-state index in [0.717, 1.165) is 27.1 Å². The first-order chi connectivity index (χ1) is 15.6. The van der Waals surface area contributed by atoms with Gasteiger partial charge in [0, 0.05) is 17.3 Å². The zero-order valence-corrected chi connectivity index (χ0v) is 17.5. The molecule has 0 aliphatic carbocycles. The van der Waals surface area contributed by atoms with Gasteiger partial charge in [-0.25, -0.2) is 9.88 Å². The number of hydrogen-bond donors (Lipinski definition) is 0. The molecule has 0 radical (unpaired) electrons. The summed E-state index contributed by atoms with van der Waals surface area (Å²) in [6.07, 6.45) is 1.61. The molecule has 0 spiro atoms. The second-order valence-electron chi connectivity index (χ2n) is 7.76. The van der Waals surface area contributed by atoms with Crippen LogP contribution in [0.1, 0.15) is 26.3 Å². The van der Waals surface area contributed by atoms with Crippen LogP contribution >= 0.6 is 0 Å². The summed E-state index contributed by atoms with van der Waals surface area (Å²) in [5.74, 6) is -0.514. The Bertz CT molecular complexity index is 1400. The predicted octanol–water partition coefficient (Wildman–Crippen LogP) is 6.18. The molecular weight excluding hydrogens is 396 g/mol. The second-order valence-corrected chi connectivity index (χ2v) is 7.76. The summed E-state index contributed by atoms with van der Waals surface area (Å²) in [7, 11) is 0. The minimum atomic E-state index is -0.410. The summed E-state index contributed by atoms with van der Waals surface area (Å²) in [6, 6.07) is 30.1. The molecule has 4 nitrogen and oxygen atoms in total. The maximum Gasteiger partial charge on any atom is 0.266 e. The first-order valence-electron chi connectivity index (χ1n) is 10.4. The van der Waals surface area contributed by atoms with Crippen LogP contribution in [0.5, 0.6) is 0 Å². The molecule has 32 heavy (non-hydrogen) atoms. The van der Waals surface area contributed by atoms with E-state index in [1.165, 1.54) is 4.90 Å². The molecule has 2 amide bonds. The molecule has 154 valence electrons. The fraction of sp³-hybridized carbons (Fsp3) is 0.0357. The molecule has 4 heteroatoms. The highest BCUT2D eigenvalue weighted by atomic mass is 16.2. The zero-order chi connectivity index (χ0) is 22.1. The Morgan fingerprint density at radius 1 is 0.625 bits per heavy atom. The summed E-state index contributed by atoms with van der Waals surface area (Å²) >= 11 is 0. The Morgan fingerprint density at radius 3 is 1.62 bits per heavy atom. The summed E-state index contributed by atoms with van der Waals surface area (Å²) in [5.41, 5.74) is 1.78. The van der Waals surface area contributed by atoms with E-state index in [-0.39, 0.29) is 0 Å². The van der Waals surface area contributed by atoms with E-state index in [1.807, 2.05) is 85.8 Å². The van der Waals surface area contributed by atoms with E-state index in [1.54, 1.807) is 24.4 Å². The van der Waals surface area contributed by atoms with Gasteiger partial charge in [-0.3, -0.25) is 9.59 Å². The van der Waals surface area contributed by atoms with Crippen molar-refractivity contribution in [3.05, 3.63) is 120 Å². The molecule has 5 aromatic rings. The first-order valence-corrected chi connectivity index (χ1v) is 10.4. The van der Waals surface area contributed by atoms with Gasteiger partial charge in [0.25, 0.3) is 11.8 Å². The van der Waals surface area contributed by atoms with E-state index in [4.69, 9.17) is 0 Å². The van der Waals surface area contributed by atoms with Crippen LogP contribution in [0.4, 0.5) is 5.82 Å². The van der Waals surface area contributed by atoms with Gasteiger partial charge in [-0.05, 0) is 70.4 Å². The highest BCUT2D eigenvalue weighted by Crippen LogP contribution is 2.24. The molecule has 1 heterocycles. The van der Waals surface area contributed by atoms with Gasteiger partial charge < -0.3 is 0 Å². The van der Waals surface area contributed by atoms with Crippen LogP contribution < -0.4 is 4.90 Å². The standard InChI is InChI=1S/C28H20N2O2/c1-19-14-15-29-26(16-19)30(27(31)24-12-10-20-6-2-4-8-22(20)17-24)28(32)25-13-11-21-7-3-5-9-23(21)18-25/h2-18H,1H3. The molecule has 0 bridgehead atoms. The minimum Gasteiger partial charge on any atom is -0.268 e. The molecule has 0 saturated heterocycles. The number of fused-ring (bicyclic) bond motifs is 2. The summed E-state index contributed by atoms with van der Waals surface area (Å²) in [6.45, 7) is 1.91. The smallest absolute Gasteiger partial charge is 0.266 e. The number of hydrogen-bond acceptors (Lipinski definition) is 3. The SMILES string of the molecule is Cc1ccnc(N(C(=O)c2ccc3ccccc3c2)C(=O)c2ccc3ccccc3c2)c1. The molecule has 0 N–H and O–H groups in total. The number of amides is 2. The van der Waals surface area contributed by atoms with Crippen LogP contribution in [-0.4, -0.2) is 16.8 Å². The van der Waals surface area contributed by atoms with Crippen molar-refractivity contribution in [1.29, 1.82) is 0 Å². The summed E-state index contributed by atoms with van der Waals surface area (Å²) in [4.78, 5) is 32.8. The predicted molar refractivity (Wildman–Crippen MR) is 128 cm³/mol. The van der Waals surface area contributed by atoms with E-state index >= 15 is 0 Å². The van der Waals surface area contributed by atoms with Gasteiger partial charge in [-0.2, -0.15) is 0 Å². The molecule has 5 rings (SSSR count). The lowest BCUT2D eigenvalue weighted by molar-refractivity contribution is 0.0896. The number of anilines is 1. The topological polar surface area (TPSA) is 50.3 Å². The van der Waals surface area contributed by atoms with Crippen molar-refractivity contribution in [1.82, 2.24) is 4.98 Å². The number of pyridine rings is 1. The molecular formula is C28H20N2O2. The molecule has 0 atom stereocenters. The Balaban J connectivity index is 1.62. The monoisotopic (exact) mass is 416 g/mol. The number of aryl methyl sites for hydroxylation is 1. The van der Waals surface area contributed by atoms with Crippen LogP contribution in [0, 0.1) is 6.92 Å². The van der Waals surface area contributed by atoms with E-state index in [9.17, 15) is 9.59 Å². The first kappa shape index (κ1) is 19.6. The van der Waals surface area contributed by atoms with Gasteiger partial charge in [0.2, 0.25) is 0 Å². The van der Waals surface area contributed by atoms with Crippen molar-refractivity contribution < 1.29 is 9.59 Å². The van der Waals surface area contributed by atoms with E-state index in [2.05, 4.69) is 4.98 Å². The maximum absolute atomic E-state index is 13.6. The highest BCUT2D eigenvalue weighted by Gasteiger charge is 2.27. The molecule has 0 fully saturated rings. The molecule has 0 aliphatic heterocycles. The van der Waals surface area contributed by atoms with Gasteiger partial charge in [-0.1, -0.05) is 60.7 Å². The van der Waals surface area contributed by atoms with Gasteiger partial charge >= 0.3 is 0 Å². The fourth-order valence-corrected chi connectivity index (χ4v) is 3.85. The number of carbonyl (C=O) groups excluding carboxylic acids is 2. The largest absolute Gasteiger partial charge is 0.268 e. The average molecular weight is 416 g/mol. The van der Waals surface area contributed by atoms with Gasteiger partial charge in [0.05, 0.1) is 0 Å². The Hall–Kier alpha value is -4.31. The molecule has 1 aromatic heterocycles. The normalized spacial score (nSPS) is 10.9. The number of aromatic nitrogens is 1. The van der Waals surface area contributed by atoms with Gasteiger partial charge in [0.1, 0.15) is 5.82 Å². The van der Waals surface area contributed by atoms with Crippen molar-refractivity contribution in [2.45, 2.75) is 6.92 Å². The zero-order valence-electron chi connectivity index (χ0n) is 17.5. The Morgan fingerprint density at radius 2 is 1.12 bits per heavy atom. The number of rotatable bonds is 3. The summed E-state index contributed by atoms with van der Waals surface area (Å²) < 4.78 is 0. The van der Waals surface area contributed by atoms with Crippen LogP contribution in [0.25, 0.3) is 21.5 Å². The number of nitrogens with zero attached hydrogens (tertiary/aromatic N) is 2. The van der Waals surface area contributed by atoms with Crippen molar-refractivity contribution in [3.63, 3.8) is 0 Å². The lowest BCUT2D eigenvalue weighted by Crippen LogP contribution is -2.37. The number of benzene rings is 4. The van der Waals surface area contributed by atoms with Gasteiger partial charge in [0.15, 0.2) is 0 Å². The third-order valence-electron chi connectivity index (χ3n) is 5.53. The quantitative estimate of drug-likeness (QED) is 0.330. The molecule has 0 saturated carbocycles. The number of carbonyl (C=O) groups is 2. The van der Waals surface area contributed by atoms with E-state index < -0.39 is 11.8 Å². The third-order valence-corrected chi connectivity index (χ3v) is 5.53. The van der Waals surface area contributed by atoms with Gasteiger partial charge in [-0.15, -0.1) is 0 Å². The fourth-order valence-electron chi connectivity index (χ4n) is 3.85. The van der Waals surface area contributed by atoms with Crippen LogP contribution in [-0.2, 0) is 0 Å². The van der Waals surface area contributed by atoms with Crippen LogP contribution in [0.3, 0.4) is 0 Å². The van der Waals surface area contributed by atoms with Crippen molar-refractivity contribution in [2.75, 3.05) is 4.90 Å². The lowest BCUT2D eigenvalue weighted by Gasteiger charge is -2.21. The number of imide groups is 1. The molecule has 0 aliphatic rings. The van der Waals surface area contributed by atoms with Crippen molar-refractivity contribution >= 4 is 39.2 Å². The molecule has 4 aromatic carbocycles. The summed E-state index contributed by atoms with van der Waals surface area (Å²) in [5, 5.41) is 3.94. The Kier molecular flexibility index (Phi) is 4.96. The van der Waals surface area contributed by atoms with Crippen LogP contribution in [0.15, 0.2) is 103 Å². The van der Waals surface area contributed by atoms with Crippen LogP contribution in [0.2, 0.25) is 0 Å². The maximum atomic E-state index is 13.6. The minimum absolute atomic E-state index is 0.307. The highest BCUT2D eigenvalue weighted by molar-refractivity contribution is 6.26. The lowest BCUT2D eigenvalue weighted by atomic mass is 10.0. The average Bonchev–Trinajstić information content (AvgIpc) is 2.83. The third kappa shape index (κ3) is 3.63. The van der Waals surface area contributed by atoms with Crippen molar-refractivity contribution in [2.24, 2.45) is 0 Å². The van der Waals surface area contributed by atoms with Crippen molar-refractivity contribution in [3.8, 4) is 0 Å². The molecule has 0 unspecified atom stereocenters. The second kappa shape index (κ2) is 8.08. The Labute approximate surface area is 185 Å².